The lowest BCUT2D eigenvalue weighted by atomic mass is 10.0. The summed E-state index contributed by atoms with van der Waals surface area (Å²) in [5.41, 5.74) is 2.47. The van der Waals surface area contributed by atoms with Crippen molar-refractivity contribution in [1.82, 2.24) is 15.0 Å². The molecule has 0 bridgehead atoms. The Morgan fingerprint density at radius 1 is 1.40 bits per heavy atom. The summed E-state index contributed by atoms with van der Waals surface area (Å²) in [7, 11) is 1.65. The highest BCUT2D eigenvalue weighted by molar-refractivity contribution is 5.89. The van der Waals surface area contributed by atoms with Gasteiger partial charge in [-0.15, -0.1) is 0 Å². The molecule has 25 heavy (non-hydrogen) atoms. The monoisotopic (exact) mass is 339 g/mol. The van der Waals surface area contributed by atoms with Gasteiger partial charge in [0.25, 0.3) is 0 Å². The topological polar surface area (TPSA) is 80.2 Å². The molecule has 7 heteroatoms. The van der Waals surface area contributed by atoms with Gasteiger partial charge in [-0.25, -0.2) is 15.0 Å². The first-order chi connectivity index (χ1) is 12.0. The first-order valence-corrected chi connectivity index (χ1v) is 8.44. The number of anilines is 3. The second kappa shape index (κ2) is 5.77. The van der Waals surface area contributed by atoms with Crippen molar-refractivity contribution in [3.05, 3.63) is 35.9 Å². The zero-order chi connectivity index (χ0) is 17.6. The Labute approximate surface area is 146 Å². The molecule has 130 valence electrons. The summed E-state index contributed by atoms with van der Waals surface area (Å²) in [4.78, 5) is 27.0. The molecule has 2 aromatic rings. The molecule has 1 spiro atoms. The van der Waals surface area contributed by atoms with Crippen LogP contribution < -0.4 is 10.2 Å². The Balaban J connectivity index is 1.74. The van der Waals surface area contributed by atoms with E-state index in [0.717, 1.165) is 30.9 Å². The Bertz CT molecular complexity index is 834. The summed E-state index contributed by atoms with van der Waals surface area (Å²) >= 11 is 0. The van der Waals surface area contributed by atoms with Crippen LogP contribution in [0.3, 0.4) is 0 Å². The number of pyridine rings is 1. The van der Waals surface area contributed by atoms with E-state index in [9.17, 15) is 4.79 Å². The SMILES string of the molecule is COC(C)c1nccc(N2CC3(CC3)c3cnc(NC(C)=O)cc32)n1. The zero-order valence-corrected chi connectivity index (χ0v) is 14.6. The minimum absolute atomic E-state index is 0.128. The second-order valence-corrected chi connectivity index (χ2v) is 6.79. The summed E-state index contributed by atoms with van der Waals surface area (Å²) in [5, 5.41) is 2.76. The summed E-state index contributed by atoms with van der Waals surface area (Å²) in [5.74, 6) is 1.94. The lowest BCUT2D eigenvalue weighted by Crippen LogP contribution is -2.21. The predicted molar refractivity (Wildman–Crippen MR) is 93.9 cm³/mol. The Kier molecular flexibility index (Phi) is 3.68. The van der Waals surface area contributed by atoms with E-state index < -0.39 is 0 Å². The molecule has 4 rings (SSSR count). The van der Waals surface area contributed by atoms with Crippen LogP contribution in [-0.4, -0.2) is 34.5 Å². The number of fused-ring (bicyclic) bond motifs is 2. The highest BCUT2D eigenvalue weighted by Gasteiger charge is 2.52. The van der Waals surface area contributed by atoms with Crippen molar-refractivity contribution in [2.75, 3.05) is 23.9 Å². The molecule has 2 aromatic heterocycles. The number of ether oxygens (including phenoxy) is 1. The number of hydrogen-bond acceptors (Lipinski definition) is 6. The third-order valence-electron chi connectivity index (χ3n) is 5.02. The zero-order valence-electron chi connectivity index (χ0n) is 14.6. The lowest BCUT2D eigenvalue weighted by molar-refractivity contribution is -0.114. The van der Waals surface area contributed by atoms with Crippen LogP contribution in [0.4, 0.5) is 17.3 Å². The highest BCUT2D eigenvalue weighted by atomic mass is 16.5. The third kappa shape index (κ3) is 2.74. The van der Waals surface area contributed by atoms with Gasteiger partial charge in [0.2, 0.25) is 5.91 Å². The predicted octanol–water partition coefficient (Wildman–Crippen LogP) is 2.72. The molecule has 0 aromatic carbocycles. The van der Waals surface area contributed by atoms with Gasteiger partial charge < -0.3 is 15.0 Å². The van der Waals surface area contributed by atoms with Gasteiger partial charge in [-0.3, -0.25) is 4.79 Å². The number of carbonyl (C=O) groups excluding carboxylic acids is 1. The normalized spacial score (nSPS) is 18.1. The number of methoxy groups -OCH3 is 1. The van der Waals surface area contributed by atoms with Gasteiger partial charge in [0.05, 0.1) is 5.69 Å². The quantitative estimate of drug-likeness (QED) is 0.922. The van der Waals surface area contributed by atoms with Gasteiger partial charge in [-0.05, 0) is 25.8 Å². The van der Waals surface area contributed by atoms with Crippen LogP contribution in [0.2, 0.25) is 0 Å². The first kappa shape index (κ1) is 16.0. The number of aromatic nitrogens is 3. The van der Waals surface area contributed by atoms with Gasteiger partial charge >= 0.3 is 0 Å². The van der Waals surface area contributed by atoms with Crippen molar-refractivity contribution >= 4 is 23.2 Å². The molecule has 1 amide bonds. The minimum Gasteiger partial charge on any atom is -0.374 e. The van der Waals surface area contributed by atoms with Crippen molar-refractivity contribution in [3.8, 4) is 0 Å². The van der Waals surface area contributed by atoms with Crippen molar-refractivity contribution in [2.45, 2.75) is 38.2 Å². The first-order valence-electron chi connectivity index (χ1n) is 8.44. The molecule has 1 N–H and O–H groups in total. The maximum absolute atomic E-state index is 11.4. The van der Waals surface area contributed by atoms with Crippen LogP contribution in [0.5, 0.6) is 0 Å². The number of amides is 1. The molecule has 7 nitrogen and oxygen atoms in total. The fraction of sp³-hybridized carbons (Fsp3) is 0.444. The Morgan fingerprint density at radius 3 is 2.88 bits per heavy atom. The molecule has 0 saturated heterocycles. The van der Waals surface area contributed by atoms with E-state index in [2.05, 4.69) is 20.2 Å². The molecule has 1 aliphatic heterocycles. The van der Waals surface area contributed by atoms with Crippen LogP contribution in [0.15, 0.2) is 24.5 Å². The van der Waals surface area contributed by atoms with E-state index in [0.29, 0.717) is 11.6 Å². The fourth-order valence-corrected chi connectivity index (χ4v) is 3.40. The van der Waals surface area contributed by atoms with E-state index in [1.54, 1.807) is 13.3 Å². The molecule has 1 unspecified atom stereocenters. The van der Waals surface area contributed by atoms with Crippen molar-refractivity contribution < 1.29 is 9.53 Å². The number of nitrogens with zero attached hydrogens (tertiary/aromatic N) is 4. The Hall–Kier alpha value is -2.54. The van der Waals surface area contributed by atoms with E-state index in [4.69, 9.17) is 9.72 Å². The maximum Gasteiger partial charge on any atom is 0.222 e. The lowest BCUT2D eigenvalue weighted by Gasteiger charge is -2.20. The largest absolute Gasteiger partial charge is 0.374 e. The fourth-order valence-electron chi connectivity index (χ4n) is 3.40. The molecule has 1 aliphatic carbocycles. The average molecular weight is 339 g/mol. The molecular weight excluding hydrogens is 318 g/mol. The third-order valence-corrected chi connectivity index (χ3v) is 5.02. The smallest absolute Gasteiger partial charge is 0.222 e. The van der Waals surface area contributed by atoms with Gasteiger partial charge in [0.15, 0.2) is 5.82 Å². The maximum atomic E-state index is 11.4. The summed E-state index contributed by atoms with van der Waals surface area (Å²) < 4.78 is 5.34. The summed E-state index contributed by atoms with van der Waals surface area (Å²) in [6.45, 7) is 4.29. The van der Waals surface area contributed by atoms with Crippen LogP contribution in [0, 0.1) is 0 Å². The molecule has 3 heterocycles. The van der Waals surface area contributed by atoms with Gasteiger partial charge in [0.1, 0.15) is 17.7 Å². The van der Waals surface area contributed by atoms with Crippen LogP contribution in [-0.2, 0) is 14.9 Å². The van der Waals surface area contributed by atoms with E-state index >= 15 is 0 Å². The molecular formula is C18H21N5O2. The van der Waals surface area contributed by atoms with Crippen LogP contribution in [0.25, 0.3) is 0 Å². The van der Waals surface area contributed by atoms with E-state index in [1.807, 2.05) is 25.3 Å². The molecule has 1 atom stereocenters. The van der Waals surface area contributed by atoms with Gasteiger partial charge in [-0.2, -0.15) is 0 Å². The number of carbonyl (C=O) groups is 1. The molecule has 1 fully saturated rings. The molecule has 0 radical (unpaired) electrons. The number of hydrogen-bond donors (Lipinski definition) is 1. The Morgan fingerprint density at radius 2 is 2.20 bits per heavy atom. The van der Waals surface area contributed by atoms with Crippen molar-refractivity contribution in [3.63, 3.8) is 0 Å². The standard InChI is InChI=1S/C18H21N5O2/c1-11(25-3)17-19-7-4-16(22-17)23-10-18(5-6-18)13-9-20-15(8-14(13)23)21-12(2)24/h4,7-9,11H,5-6,10H2,1-3H3,(H,20,21,24). The van der Waals surface area contributed by atoms with E-state index in [-0.39, 0.29) is 17.4 Å². The molecule has 1 saturated carbocycles. The van der Waals surface area contributed by atoms with Gasteiger partial charge in [0, 0.05) is 50.0 Å². The van der Waals surface area contributed by atoms with Gasteiger partial charge in [-0.1, -0.05) is 0 Å². The summed E-state index contributed by atoms with van der Waals surface area (Å²) in [6.07, 6.45) is 5.81. The highest BCUT2D eigenvalue weighted by Crippen LogP contribution is 2.57. The number of rotatable bonds is 4. The second-order valence-electron chi connectivity index (χ2n) is 6.79. The molecule has 2 aliphatic rings. The van der Waals surface area contributed by atoms with Crippen molar-refractivity contribution in [1.29, 1.82) is 0 Å². The van der Waals surface area contributed by atoms with E-state index in [1.165, 1.54) is 12.5 Å². The minimum atomic E-state index is -0.163. The average Bonchev–Trinajstić information content (AvgIpc) is 3.31. The van der Waals surface area contributed by atoms with Crippen LogP contribution in [0.1, 0.15) is 44.2 Å². The number of nitrogens with one attached hydrogen (secondary N) is 1. The van der Waals surface area contributed by atoms with Crippen molar-refractivity contribution in [2.24, 2.45) is 0 Å². The van der Waals surface area contributed by atoms with Crippen LogP contribution >= 0.6 is 0 Å². The summed E-state index contributed by atoms with van der Waals surface area (Å²) in [6, 6.07) is 3.85.